The number of hydrogen-bond acceptors (Lipinski definition) is 9. The highest BCUT2D eigenvalue weighted by Gasteiger charge is 2.56. The molecule has 2 aliphatic rings. The number of esters is 1. The number of benzene rings is 3. The van der Waals surface area contributed by atoms with E-state index in [0.29, 0.717) is 42.5 Å². The zero-order valence-corrected chi connectivity index (χ0v) is 26.5. The average molecular weight is 685 g/mol. The van der Waals surface area contributed by atoms with Crippen molar-refractivity contribution in [2.45, 2.75) is 23.1 Å². The summed E-state index contributed by atoms with van der Waals surface area (Å²) in [5, 5.41) is 3.17. The number of carbonyl (C=O) groups excluding carboxylic acids is 4. The van der Waals surface area contributed by atoms with Gasteiger partial charge in [0.2, 0.25) is 11.8 Å². The minimum absolute atomic E-state index is 0.248. The third-order valence-corrected chi connectivity index (χ3v) is 10.1. The third-order valence-electron chi connectivity index (χ3n) is 7.25. The number of nitrogens with one attached hydrogen (secondary N) is 2. The van der Waals surface area contributed by atoms with Crippen LogP contribution in [0, 0.1) is 5.92 Å². The summed E-state index contributed by atoms with van der Waals surface area (Å²) < 4.78 is 10.9. The van der Waals surface area contributed by atoms with E-state index >= 15 is 0 Å². The van der Waals surface area contributed by atoms with Crippen LogP contribution in [0.2, 0.25) is 10.0 Å². The van der Waals surface area contributed by atoms with E-state index in [2.05, 4.69) is 10.3 Å². The molecule has 2 aliphatic heterocycles. The van der Waals surface area contributed by atoms with Crippen LogP contribution in [0.1, 0.15) is 33.6 Å². The van der Waals surface area contributed by atoms with Crippen molar-refractivity contribution < 1.29 is 28.7 Å². The van der Waals surface area contributed by atoms with Gasteiger partial charge < -0.3 is 19.8 Å². The summed E-state index contributed by atoms with van der Waals surface area (Å²) in [6.45, 7) is 1.56. The molecule has 3 heterocycles. The van der Waals surface area contributed by atoms with E-state index in [9.17, 15) is 24.0 Å². The van der Waals surface area contributed by atoms with Crippen molar-refractivity contribution in [1.29, 1.82) is 0 Å². The Bertz CT molecular complexity index is 1880. The van der Waals surface area contributed by atoms with Gasteiger partial charge in [0.05, 0.1) is 28.8 Å². The first-order valence-corrected chi connectivity index (χ1v) is 16.1. The predicted octanol–water partition coefficient (Wildman–Crippen LogP) is 5.73. The van der Waals surface area contributed by atoms with Gasteiger partial charge in [0.1, 0.15) is 11.0 Å². The second-order valence-corrected chi connectivity index (χ2v) is 13.1. The minimum atomic E-state index is -0.885. The molecule has 3 atom stereocenters. The number of anilines is 2. The molecule has 3 amide bonds. The van der Waals surface area contributed by atoms with Crippen LogP contribution >= 0.6 is 46.3 Å². The van der Waals surface area contributed by atoms with E-state index in [1.165, 1.54) is 12.1 Å². The lowest BCUT2D eigenvalue weighted by atomic mass is 9.82. The van der Waals surface area contributed by atoms with Gasteiger partial charge in [0, 0.05) is 32.1 Å². The Morgan fingerprint density at radius 1 is 0.956 bits per heavy atom. The number of imide groups is 1. The molecule has 45 heavy (non-hydrogen) atoms. The average Bonchev–Trinajstić information content (AvgIpc) is 3.51. The highest BCUT2D eigenvalue weighted by atomic mass is 35.5. The van der Waals surface area contributed by atoms with Crippen molar-refractivity contribution in [3.05, 3.63) is 102 Å². The van der Waals surface area contributed by atoms with E-state index < -0.39 is 47.4 Å². The number of aromatic amines is 1. The maximum Gasteiger partial charge on any atom is 0.338 e. The van der Waals surface area contributed by atoms with Gasteiger partial charge in [-0.1, -0.05) is 46.3 Å². The van der Waals surface area contributed by atoms with E-state index in [4.69, 9.17) is 32.7 Å². The van der Waals surface area contributed by atoms with Crippen molar-refractivity contribution in [3.8, 4) is 5.75 Å². The molecular formula is C31H23Cl2N3O7S2. The Morgan fingerprint density at radius 2 is 1.67 bits per heavy atom. The number of hydrogen-bond donors (Lipinski definition) is 2. The normalized spacial score (nSPS) is 18.7. The molecule has 2 N–H and O–H groups in total. The van der Waals surface area contributed by atoms with E-state index in [-0.39, 0.29) is 17.2 Å². The van der Waals surface area contributed by atoms with Gasteiger partial charge in [-0.2, -0.15) is 0 Å². The summed E-state index contributed by atoms with van der Waals surface area (Å²) in [6.07, 6.45) is 0. The van der Waals surface area contributed by atoms with Crippen LogP contribution in [0.3, 0.4) is 0 Å². The summed E-state index contributed by atoms with van der Waals surface area (Å²) >= 11 is 14.6. The number of fused-ring (bicyclic) bond motifs is 2. The van der Waals surface area contributed by atoms with Crippen LogP contribution < -0.4 is 19.8 Å². The first kappa shape index (κ1) is 30.9. The number of carbonyl (C=O) groups is 4. The summed E-state index contributed by atoms with van der Waals surface area (Å²) in [7, 11) is 0. The number of thioether (sulfide) groups is 1. The van der Waals surface area contributed by atoms with Crippen LogP contribution in [0.5, 0.6) is 5.75 Å². The minimum Gasteiger partial charge on any atom is -0.483 e. The molecule has 0 radical (unpaired) electrons. The van der Waals surface area contributed by atoms with E-state index in [1.54, 1.807) is 61.5 Å². The smallest absolute Gasteiger partial charge is 0.338 e. The summed E-state index contributed by atoms with van der Waals surface area (Å²) in [5.41, 5.74) is 1.63. The second-order valence-electron chi connectivity index (χ2n) is 10.1. The molecular weight excluding hydrogens is 661 g/mol. The first-order valence-electron chi connectivity index (χ1n) is 13.7. The standard InChI is InChI=1S/C31H23Cl2N3O7S2/c1-2-42-30(40)15-3-8-18(9-4-15)34-22(37)14-43-21-12-7-17(33)13-20(21)23-24-26(44-27-25(23)45-31(41)35-27)29(39)36(28(24)38)19-10-5-16(32)6-11-19/h3-13,23-24,26H,2,14H2,1H3,(H,34,37)(H,35,41)/t23-,24-,26+/m0/s1. The van der Waals surface area contributed by atoms with Gasteiger partial charge in [-0.15, -0.1) is 0 Å². The van der Waals surface area contributed by atoms with Gasteiger partial charge in [-0.3, -0.25) is 19.2 Å². The van der Waals surface area contributed by atoms with Crippen molar-refractivity contribution >= 4 is 81.4 Å². The molecule has 3 aromatic carbocycles. The first-order chi connectivity index (χ1) is 21.6. The van der Waals surface area contributed by atoms with E-state index in [0.717, 1.165) is 28.0 Å². The van der Waals surface area contributed by atoms with Crippen molar-refractivity contribution in [1.82, 2.24) is 4.98 Å². The van der Waals surface area contributed by atoms with Gasteiger partial charge in [-0.25, -0.2) is 9.69 Å². The van der Waals surface area contributed by atoms with Crippen molar-refractivity contribution in [3.63, 3.8) is 0 Å². The molecule has 1 saturated heterocycles. The monoisotopic (exact) mass is 683 g/mol. The topological polar surface area (TPSA) is 135 Å². The van der Waals surface area contributed by atoms with Crippen LogP contribution in [-0.4, -0.2) is 47.1 Å². The van der Waals surface area contributed by atoms with Crippen molar-refractivity contribution in [2.75, 3.05) is 23.4 Å². The lowest BCUT2D eigenvalue weighted by Crippen LogP contribution is -2.32. The Labute approximate surface area is 274 Å². The fraction of sp³-hybridized carbons (Fsp3) is 0.194. The molecule has 6 rings (SSSR count). The Balaban J connectivity index is 1.28. The molecule has 0 aliphatic carbocycles. The fourth-order valence-electron chi connectivity index (χ4n) is 5.34. The lowest BCUT2D eigenvalue weighted by molar-refractivity contribution is -0.122. The molecule has 1 fully saturated rings. The highest BCUT2D eigenvalue weighted by Crippen LogP contribution is 2.54. The number of ether oxygens (including phenoxy) is 2. The molecule has 4 aromatic rings. The zero-order valence-electron chi connectivity index (χ0n) is 23.4. The molecule has 1 aromatic heterocycles. The summed E-state index contributed by atoms with van der Waals surface area (Å²) in [5.74, 6) is -3.19. The Morgan fingerprint density at radius 3 is 2.38 bits per heavy atom. The van der Waals surface area contributed by atoms with Crippen LogP contribution in [0.4, 0.5) is 11.4 Å². The molecule has 10 nitrogen and oxygen atoms in total. The molecule has 0 saturated carbocycles. The quantitative estimate of drug-likeness (QED) is 0.178. The molecule has 0 bridgehead atoms. The summed E-state index contributed by atoms with van der Waals surface area (Å²) in [4.78, 5) is 69.1. The lowest BCUT2D eigenvalue weighted by Gasteiger charge is -2.31. The number of nitrogens with zero attached hydrogens (tertiary/aromatic N) is 1. The van der Waals surface area contributed by atoms with Gasteiger partial charge >= 0.3 is 10.8 Å². The van der Waals surface area contributed by atoms with Gasteiger partial charge in [0.15, 0.2) is 6.61 Å². The zero-order chi connectivity index (χ0) is 31.8. The van der Waals surface area contributed by atoms with Crippen LogP contribution in [0.15, 0.2) is 76.6 Å². The number of rotatable bonds is 8. The molecule has 0 unspecified atom stereocenters. The van der Waals surface area contributed by atoms with Crippen molar-refractivity contribution in [2.24, 2.45) is 5.92 Å². The van der Waals surface area contributed by atoms with E-state index in [1.807, 2.05) is 0 Å². The maximum absolute atomic E-state index is 14.0. The molecule has 0 spiro atoms. The molecule has 14 heteroatoms. The largest absolute Gasteiger partial charge is 0.483 e. The number of thiazole rings is 1. The van der Waals surface area contributed by atoms with Crippen LogP contribution in [-0.2, 0) is 19.1 Å². The molecule has 230 valence electrons. The van der Waals surface area contributed by atoms with Gasteiger partial charge in [-0.05, 0) is 73.7 Å². The predicted molar refractivity (Wildman–Crippen MR) is 172 cm³/mol. The maximum atomic E-state index is 14.0. The van der Waals surface area contributed by atoms with Crippen LogP contribution in [0.25, 0.3) is 0 Å². The second kappa shape index (κ2) is 12.7. The fourth-order valence-corrected chi connectivity index (χ4v) is 8.15. The Hall–Kier alpha value is -4.10. The SMILES string of the molecule is CCOC(=O)c1ccc(NC(=O)COc2ccc(Cl)cc2[C@@H]2c3sc(=O)[nH]c3S[C@H]3C(=O)N(c4ccc(Cl)cc4)C(=O)[C@@H]23)cc1. The van der Waals surface area contributed by atoms with Gasteiger partial charge in [0.25, 0.3) is 5.91 Å². The highest BCUT2D eigenvalue weighted by molar-refractivity contribution is 8.00. The Kier molecular flexibility index (Phi) is 8.74. The number of aromatic nitrogens is 1. The number of halogens is 2. The number of H-pyrrole nitrogens is 1. The third kappa shape index (κ3) is 6.10. The number of amides is 3. The summed E-state index contributed by atoms with van der Waals surface area (Å²) in [6, 6.07) is 17.4.